The molecular formula is C48H57ClF2N2O16. The first kappa shape index (κ1) is 51.9. The molecule has 9 rings (SSSR count). The number of ketones is 4. The van der Waals surface area contributed by atoms with Gasteiger partial charge in [-0.2, -0.15) is 0 Å². The first-order valence-electron chi connectivity index (χ1n) is 22.2. The Balaban J connectivity index is 0.000000201. The van der Waals surface area contributed by atoms with Crippen LogP contribution in [-0.2, 0) is 48.6 Å². The molecular weight excluding hydrogens is 934 g/mol. The van der Waals surface area contributed by atoms with Gasteiger partial charge < -0.3 is 55.7 Å². The molecule has 1 heterocycles. The third-order valence-electron chi connectivity index (χ3n) is 16.5. The van der Waals surface area contributed by atoms with Crippen LogP contribution in [0.4, 0.5) is 8.78 Å². The van der Waals surface area contributed by atoms with E-state index < -0.39 is 163 Å². The van der Waals surface area contributed by atoms with Crippen LogP contribution in [0.25, 0.3) is 5.76 Å². The number of aliphatic hydroxyl groups is 6. The van der Waals surface area contributed by atoms with Crippen molar-refractivity contribution in [1.82, 2.24) is 4.90 Å². The van der Waals surface area contributed by atoms with Crippen molar-refractivity contribution in [3.8, 4) is 5.75 Å². The number of halogens is 3. The van der Waals surface area contributed by atoms with E-state index in [1.807, 2.05) is 0 Å². The molecule has 0 spiro atoms. The number of hydrogen-bond donors (Lipinski definition) is 8. The van der Waals surface area contributed by atoms with Crippen molar-refractivity contribution in [3.05, 3.63) is 70.0 Å². The highest BCUT2D eigenvalue weighted by molar-refractivity contribution is 6.24. The molecule has 4 saturated carbocycles. The summed E-state index contributed by atoms with van der Waals surface area (Å²) in [5.74, 6) is -13.9. The maximum atomic E-state index is 17.3. The van der Waals surface area contributed by atoms with Crippen LogP contribution in [0.15, 0.2) is 58.9 Å². The number of nitrogens with zero attached hydrogens (tertiary/aromatic N) is 1. The van der Waals surface area contributed by atoms with Gasteiger partial charge in [0.25, 0.3) is 5.91 Å². The molecule has 18 nitrogen and oxygen atoms in total. The van der Waals surface area contributed by atoms with E-state index in [4.69, 9.17) is 19.9 Å². The number of carbonyl (C=O) groups excluding carboxylic acids is 6. The number of fused-ring (bicyclic) bond motifs is 10. The van der Waals surface area contributed by atoms with Crippen molar-refractivity contribution in [1.29, 1.82) is 0 Å². The van der Waals surface area contributed by atoms with Gasteiger partial charge in [0, 0.05) is 23.7 Å². The highest BCUT2D eigenvalue weighted by atomic mass is 35.5. The van der Waals surface area contributed by atoms with Gasteiger partial charge in [0.05, 0.1) is 52.9 Å². The first-order chi connectivity index (χ1) is 31.3. The molecule has 376 valence electrons. The largest absolute Gasteiger partial charge is 0.508 e. The predicted octanol–water partition coefficient (Wildman–Crippen LogP) is 1.96. The SMILES string of the molecule is CC(=O)OCC(=O)[C@@]12OC(C)(C)O[C@@H]1C[C@H]1[C@@H]3C[C@H](F)C4=CC(=O)C=C[C@]4(C)[C@@]3(F)[C@@H](O)C[C@@]12C.CN(C)C1C(=O)C(C(N)=O)=C(O)C2(O)C(=O)C3=C(O)c4c(O)cccc4C(C)(O)C3C(O)C12.Cl. The van der Waals surface area contributed by atoms with Crippen molar-refractivity contribution in [2.45, 2.75) is 120 Å². The average molecular weight is 991 g/mol. The van der Waals surface area contributed by atoms with Crippen LogP contribution in [-0.4, -0.2) is 150 Å². The Morgan fingerprint density at radius 3 is 2.22 bits per heavy atom. The highest BCUT2D eigenvalue weighted by Gasteiger charge is 2.81. The number of allylic oxidation sites excluding steroid dienone is 4. The number of nitrogens with two attached hydrogens (primary N) is 1. The summed E-state index contributed by atoms with van der Waals surface area (Å²) in [6.07, 6.45) is -2.22. The lowest BCUT2D eigenvalue weighted by molar-refractivity contribution is -0.249. The van der Waals surface area contributed by atoms with Gasteiger partial charge in [0.2, 0.25) is 11.6 Å². The zero-order chi connectivity index (χ0) is 50.5. The minimum absolute atomic E-state index is 0. The zero-order valence-corrected chi connectivity index (χ0v) is 39.8. The van der Waals surface area contributed by atoms with Crippen molar-refractivity contribution in [2.24, 2.45) is 40.2 Å². The Kier molecular flexibility index (Phi) is 12.3. The van der Waals surface area contributed by atoms with Crippen LogP contribution >= 0.6 is 12.4 Å². The molecule has 1 aromatic carbocycles. The number of benzene rings is 1. The number of alkyl halides is 2. The van der Waals surface area contributed by atoms with Crippen molar-refractivity contribution in [2.75, 3.05) is 20.7 Å². The molecule has 1 amide bonds. The Hall–Kier alpha value is -4.93. The molecule has 69 heavy (non-hydrogen) atoms. The number of phenols is 1. The molecule has 5 fully saturated rings. The number of ether oxygens (including phenoxy) is 3. The topological polar surface area (TPSA) is 301 Å². The van der Waals surface area contributed by atoms with Gasteiger partial charge in [-0.25, -0.2) is 8.78 Å². The quantitative estimate of drug-likeness (QED) is 0.155. The van der Waals surface area contributed by atoms with E-state index in [0.29, 0.717) is 0 Å². The van der Waals surface area contributed by atoms with E-state index in [-0.39, 0.29) is 48.4 Å². The predicted molar refractivity (Wildman–Crippen MR) is 237 cm³/mol. The van der Waals surface area contributed by atoms with E-state index in [1.54, 1.807) is 20.8 Å². The Bertz CT molecular complexity index is 2610. The van der Waals surface area contributed by atoms with Gasteiger partial charge in [0.1, 0.15) is 29.0 Å². The molecule has 6 unspecified atom stereocenters. The number of amides is 1. The number of esters is 1. The molecule has 1 saturated heterocycles. The molecule has 21 heteroatoms. The molecule has 9 N–H and O–H groups in total. The number of rotatable bonds is 5. The molecule has 1 aromatic rings. The molecule has 15 atom stereocenters. The standard InChI is InChI=1S/C26H32F2O7.C22H24N2O9.ClH/c1-13(29)33-12-20(32)26-21(34-22(2,3)35-26)10-15-16-9-18(27)17-8-14(30)6-7-23(17,4)25(16,28)19(31)11-24(15,26)5;1-21(32)7-5-4-6-8(25)9(7)15(26)10-12(21)17(28)13-14(24(2)3)16(27)11(20(23)31)19(30)22(13,33)18(10)29;/h6-8,15-16,18-19,21,31H,9-12H2,1-5H3;4-6,12-14,17,25-26,28,30,32-33H,1-3H3,(H2,23,31);1H/t15-,16-,18-,19-,21+,23-,24-,25-,26+;;/m0../s1. The van der Waals surface area contributed by atoms with E-state index in [0.717, 1.165) is 6.08 Å². The number of hydrogen-bond acceptors (Lipinski definition) is 17. The normalized spacial score (nSPS) is 42.3. The minimum atomic E-state index is -3.02. The molecule has 0 aromatic heterocycles. The van der Waals surface area contributed by atoms with Crippen LogP contribution in [0.1, 0.15) is 71.9 Å². The van der Waals surface area contributed by atoms with Crippen molar-refractivity contribution >= 4 is 53.2 Å². The Labute approximate surface area is 400 Å². The minimum Gasteiger partial charge on any atom is -0.508 e. The smallest absolute Gasteiger partial charge is 0.303 e. The number of likely N-dealkylation sites (N-methyl/N-ethyl adjacent to an activating group) is 1. The number of Topliss-reactive ketones (excluding diaryl/α,β-unsaturated/α-hetero) is 3. The van der Waals surface area contributed by atoms with Crippen molar-refractivity contribution < 1.29 is 87.5 Å². The maximum Gasteiger partial charge on any atom is 0.303 e. The Morgan fingerprint density at radius 2 is 1.62 bits per heavy atom. The number of aromatic hydroxyl groups is 1. The fourth-order valence-corrected chi connectivity index (χ4v) is 13.7. The summed E-state index contributed by atoms with van der Waals surface area (Å²) < 4.78 is 50.3. The number of phenolic OH excluding ortho intramolecular Hbond substituents is 1. The molecule has 8 aliphatic rings. The summed E-state index contributed by atoms with van der Waals surface area (Å²) in [4.78, 5) is 77.0. The van der Waals surface area contributed by atoms with Gasteiger partial charge in [-0.1, -0.05) is 25.1 Å². The van der Waals surface area contributed by atoms with Crippen LogP contribution in [0, 0.1) is 34.5 Å². The summed E-state index contributed by atoms with van der Waals surface area (Å²) in [7, 11) is 2.80. The van der Waals surface area contributed by atoms with Gasteiger partial charge in [-0.05, 0) is 96.3 Å². The highest BCUT2D eigenvalue weighted by Crippen LogP contribution is 2.72. The maximum absolute atomic E-state index is 17.3. The first-order valence-corrected chi connectivity index (χ1v) is 22.2. The van der Waals surface area contributed by atoms with Gasteiger partial charge in [-0.3, -0.25) is 33.7 Å². The number of aliphatic hydroxyl groups excluding tert-OH is 4. The monoisotopic (exact) mass is 990 g/mol. The number of carbonyl (C=O) groups is 6. The third-order valence-corrected chi connectivity index (χ3v) is 16.5. The second-order valence-corrected chi connectivity index (χ2v) is 20.7. The fraction of sp³-hybridized carbons (Fsp3) is 0.583. The van der Waals surface area contributed by atoms with E-state index in [1.165, 1.54) is 70.1 Å². The van der Waals surface area contributed by atoms with E-state index in [2.05, 4.69) is 0 Å². The second-order valence-electron chi connectivity index (χ2n) is 20.7. The lowest BCUT2D eigenvalue weighted by atomic mass is 9.44. The lowest BCUT2D eigenvalue weighted by Crippen LogP contribution is -2.71. The molecule has 1 aliphatic heterocycles. The molecule has 0 radical (unpaired) electrons. The summed E-state index contributed by atoms with van der Waals surface area (Å²) in [6, 6.07) is 2.50. The van der Waals surface area contributed by atoms with Crippen LogP contribution in [0.5, 0.6) is 5.75 Å². The van der Waals surface area contributed by atoms with Crippen LogP contribution < -0.4 is 5.73 Å². The van der Waals surface area contributed by atoms with Gasteiger partial charge in [0.15, 0.2) is 40.8 Å². The summed E-state index contributed by atoms with van der Waals surface area (Å²) in [6.45, 7) is 8.53. The van der Waals surface area contributed by atoms with Crippen molar-refractivity contribution in [3.63, 3.8) is 0 Å². The fourth-order valence-electron chi connectivity index (χ4n) is 13.7. The second kappa shape index (κ2) is 16.3. The molecule has 7 aliphatic carbocycles. The van der Waals surface area contributed by atoms with E-state index >= 15 is 8.78 Å². The zero-order valence-electron chi connectivity index (χ0n) is 39.0. The summed E-state index contributed by atoms with van der Waals surface area (Å²) in [5.41, 5.74) is -8.23. The molecule has 0 bridgehead atoms. The van der Waals surface area contributed by atoms with Crippen LogP contribution in [0.2, 0.25) is 0 Å². The van der Waals surface area contributed by atoms with Crippen LogP contribution in [0.3, 0.4) is 0 Å². The summed E-state index contributed by atoms with van der Waals surface area (Å²) >= 11 is 0. The Morgan fingerprint density at radius 1 is 0.986 bits per heavy atom. The number of primary amides is 1. The van der Waals surface area contributed by atoms with Gasteiger partial charge in [-0.15, -0.1) is 12.4 Å². The third kappa shape index (κ3) is 6.65. The summed E-state index contributed by atoms with van der Waals surface area (Å²) in [5, 5.41) is 77.8. The lowest BCUT2D eigenvalue weighted by Gasteiger charge is -2.63. The van der Waals surface area contributed by atoms with E-state index in [9.17, 15) is 64.5 Å². The average Bonchev–Trinajstić information content (AvgIpc) is 3.65. The van der Waals surface area contributed by atoms with Gasteiger partial charge >= 0.3 is 5.97 Å².